The maximum absolute atomic E-state index is 2.27. The molecule has 0 saturated heterocycles. The zero-order valence-electron chi connectivity index (χ0n) is 26.0. The second-order valence-electron chi connectivity index (χ2n) is 10.5. The Morgan fingerprint density at radius 3 is 1.09 bits per heavy atom. The summed E-state index contributed by atoms with van der Waals surface area (Å²) in [5.41, 5.74) is 10.9. The first-order valence-electron chi connectivity index (χ1n) is 14.8. The van der Waals surface area contributed by atoms with Crippen molar-refractivity contribution in [1.29, 1.82) is 0 Å². The van der Waals surface area contributed by atoms with Gasteiger partial charge in [-0.2, -0.15) is 12.1 Å². The molecule has 0 heterocycles. The van der Waals surface area contributed by atoms with Gasteiger partial charge in [0.05, 0.1) is 0 Å². The summed E-state index contributed by atoms with van der Waals surface area (Å²) >= 11 is 1.71. The Hall–Kier alpha value is -2.41. The fourth-order valence-electron chi connectivity index (χ4n) is 4.88. The molecule has 0 unspecified atom stereocenters. The minimum absolute atomic E-state index is 0. The molecule has 4 heteroatoms. The third kappa shape index (κ3) is 10.9. The zero-order valence-corrected chi connectivity index (χ0v) is 32.1. The van der Waals surface area contributed by atoms with Crippen molar-refractivity contribution in [3.05, 3.63) is 168 Å². The molecule has 0 N–H and O–H groups in total. The van der Waals surface area contributed by atoms with Crippen molar-refractivity contribution in [2.75, 3.05) is 0 Å². The van der Waals surface area contributed by atoms with Gasteiger partial charge in [0.15, 0.2) is 0 Å². The molecule has 44 heavy (non-hydrogen) atoms. The molecule has 0 saturated carbocycles. The fourth-order valence-corrected chi connectivity index (χ4v) is 12.0. The zero-order chi connectivity index (χ0) is 29.7. The van der Waals surface area contributed by atoms with Gasteiger partial charge in [-0.25, -0.2) is 0 Å². The van der Waals surface area contributed by atoms with Crippen molar-refractivity contribution < 1.29 is 46.4 Å². The standard InChI is InChI=1S/2C14H15.C12H10Ge.2ClH.Zr/c2*1-3-12-7-9-13(10-8-12)14-6-4-5-11(14)2;1-3-7-11(8-4-1)13-12-9-5-2-6-10-12;;;/h2*4-10H,3H2,1-2H3;1-10H;2*1H;/q2*-1;;;;+2/p-2. The van der Waals surface area contributed by atoms with Crippen LogP contribution in [0.3, 0.4) is 0 Å². The molecule has 0 radical (unpaired) electrons. The van der Waals surface area contributed by atoms with Crippen LogP contribution in [0.2, 0.25) is 0 Å². The van der Waals surface area contributed by atoms with Crippen LogP contribution in [-0.2, 0) is 34.4 Å². The molecule has 0 nitrogen and oxygen atoms in total. The molecule has 0 spiro atoms. The monoisotopic (exact) mass is 754 g/mol. The fraction of sp³-hybridized carbons (Fsp3) is 0.150. The van der Waals surface area contributed by atoms with E-state index in [0.717, 1.165) is 12.8 Å². The van der Waals surface area contributed by atoms with E-state index in [2.05, 4.69) is 173 Å². The third-order valence-corrected chi connectivity index (χ3v) is 18.7. The Morgan fingerprint density at radius 2 is 0.818 bits per heavy atom. The van der Waals surface area contributed by atoms with E-state index in [0.29, 0.717) is 0 Å². The van der Waals surface area contributed by atoms with Crippen LogP contribution in [0.4, 0.5) is 0 Å². The quantitative estimate of drug-likeness (QED) is 0.181. The number of benzene rings is 4. The molecule has 0 bridgehead atoms. The summed E-state index contributed by atoms with van der Waals surface area (Å²) in [6, 6.07) is 52.4. The van der Waals surface area contributed by atoms with Gasteiger partial charge >= 0.3 is 101 Å². The number of rotatable bonds is 6. The molecule has 0 atom stereocenters. The Labute approximate surface area is 293 Å². The van der Waals surface area contributed by atoms with Crippen LogP contribution in [0, 0.1) is 13.8 Å². The summed E-state index contributed by atoms with van der Waals surface area (Å²) in [6.45, 7) is 8.68. The van der Waals surface area contributed by atoms with Crippen LogP contribution in [-0.4, -0.2) is 9.98 Å². The van der Waals surface area contributed by atoms with Gasteiger partial charge in [0.25, 0.3) is 0 Å². The van der Waals surface area contributed by atoms with Crippen molar-refractivity contribution in [3.8, 4) is 22.3 Å². The summed E-state index contributed by atoms with van der Waals surface area (Å²) in [6.07, 6.45) is 2.22. The van der Waals surface area contributed by atoms with E-state index in [1.165, 1.54) is 44.5 Å². The first-order chi connectivity index (χ1) is 20.5. The van der Waals surface area contributed by atoms with Crippen LogP contribution in [0.25, 0.3) is 22.3 Å². The Balaban J connectivity index is 0.000000225. The van der Waals surface area contributed by atoms with Gasteiger partial charge in [-0.3, -0.25) is 0 Å². The van der Waals surface area contributed by atoms with Crippen molar-refractivity contribution in [2.45, 2.75) is 40.5 Å². The molecule has 0 amide bonds. The van der Waals surface area contributed by atoms with Crippen molar-refractivity contribution in [3.63, 3.8) is 0 Å². The Bertz CT molecular complexity index is 1520. The van der Waals surface area contributed by atoms with Gasteiger partial charge < -0.3 is 24.8 Å². The van der Waals surface area contributed by atoms with Crippen molar-refractivity contribution in [1.82, 2.24) is 0 Å². The normalized spacial score (nSPS) is 9.77. The van der Waals surface area contributed by atoms with Gasteiger partial charge in [0, 0.05) is 0 Å². The van der Waals surface area contributed by atoms with Crippen LogP contribution < -0.4 is 33.6 Å². The van der Waals surface area contributed by atoms with E-state index >= 15 is 0 Å². The summed E-state index contributed by atoms with van der Waals surface area (Å²) < 4.78 is 3.16. The van der Waals surface area contributed by atoms with Gasteiger partial charge in [0.1, 0.15) is 0 Å². The molecule has 0 aromatic heterocycles. The van der Waals surface area contributed by atoms with Crippen LogP contribution in [0.15, 0.2) is 146 Å². The first-order valence-corrected chi connectivity index (χ1v) is 24.4. The molecule has 0 aliphatic heterocycles. The number of hydrogen-bond acceptors (Lipinski definition) is 0. The van der Waals surface area contributed by atoms with E-state index in [9.17, 15) is 0 Å². The summed E-state index contributed by atoms with van der Waals surface area (Å²) in [7, 11) is -1.11. The van der Waals surface area contributed by atoms with Crippen LogP contribution in [0.1, 0.15) is 36.1 Å². The summed E-state index contributed by atoms with van der Waals surface area (Å²) in [4.78, 5) is 0. The van der Waals surface area contributed by atoms with Crippen LogP contribution in [0.5, 0.6) is 0 Å². The SMILES string of the molecule is CCc1ccc(-[c-]2cccc2C)cc1.CCc1ccc(-[c-]2cccc2C)cc1.[Cl-].[Cl-].[Zr+2]=[Ge]([c]1ccccc1)[c]1ccccc1. The topological polar surface area (TPSA) is 0 Å². The second-order valence-corrected chi connectivity index (χ2v) is 20.8. The molecule has 0 fully saturated rings. The molecule has 224 valence electrons. The van der Waals surface area contributed by atoms with E-state index < -0.39 is 9.98 Å². The molecular weight excluding hydrogens is 715 g/mol. The van der Waals surface area contributed by atoms with E-state index in [1.54, 1.807) is 30.4 Å². The summed E-state index contributed by atoms with van der Waals surface area (Å²) in [5.74, 6) is 0. The van der Waals surface area contributed by atoms with Gasteiger partial charge in [0.2, 0.25) is 0 Å². The van der Waals surface area contributed by atoms with Gasteiger partial charge in [-0.05, 0) is 12.8 Å². The molecule has 6 aromatic carbocycles. The number of hydrogen-bond donors (Lipinski definition) is 0. The van der Waals surface area contributed by atoms with Crippen molar-refractivity contribution in [2.24, 2.45) is 0 Å². The molecule has 6 rings (SSSR count). The molecule has 0 aliphatic carbocycles. The van der Waals surface area contributed by atoms with E-state index in [1.807, 2.05) is 0 Å². The van der Waals surface area contributed by atoms with Gasteiger partial charge in [-0.1, -0.05) is 74.2 Å². The van der Waals surface area contributed by atoms with Crippen LogP contribution >= 0.6 is 0 Å². The van der Waals surface area contributed by atoms with Gasteiger partial charge in [-0.15, -0.1) is 70.8 Å². The summed E-state index contributed by atoms with van der Waals surface area (Å²) in [5, 5.41) is 0. The average molecular weight is 756 g/mol. The average Bonchev–Trinajstić information content (AvgIpc) is 3.70. The Kier molecular flexibility index (Phi) is 17.1. The molecular formula is C40H40Cl2GeZr-2. The number of halogens is 2. The first kappa shape index (κ1) is 37.8. The van der Waals surface area contributed by atoms with E-state index in [4.69, 9.17) is 0 Å². The maximum atomic E-state index is 2.27. The minimum atomic E-state index is -1.11. The predicted octanol–water partition coefficient (Wildman–Crippen LogP) is 3.23. The Morgan fingerprint density at radius 1 is 0.477 bits per heavy atom. The molecule has 6 aromatic rings. The second kappa shape index (κ2) is 19.9. The number of aryl methyl sites for hydroxylation is 4. The molecule has 0 aliphatic rings. The third-order valence-electron chi connectivity index (χ3n) is 7.54. The van der Waals surface area contributed by atoms with E-state index in [-0.39, 0.29) is 24.8 Å². The predicted molar refractivity (Wildman–Crippen MR) is 181 cm³/mol. The van der Waals surface area contributed by atoms with Crippen molar-refractivity contribution >= 4 is 18.8 Å².